The molecule has 1 aliphatic carbocycles. The molecule has 0 bridgehead atoms. The smallest absolute Gasteiger partial charge is 0.308 e. The summed E-state index contributed by atoms with van der Waals surface area (Å²) in [5, 5.41) is 9.20. The molecule has 1 aromatic heterocycles. The lowest BCUT2D eigenvalue weighted by Gasteiger charge is -2.32. The predicted molar refractivity (Wildman–Crippen MR) is 76.0 cm³/mol. The van der Waals surface area contributed by atoms with Gasteiger partial charge in [-0.1, -0.05) is 6.92 Å². The van der Waals surface area contributed by atoms with Gasteiger partial charge in [0.05, 0.1) is 5.92 Å². The van der Waals surface area contributed by atoms with E-state index in [-0.39, 0.29) is 5.92 Å². The van der Waals surface area contributed by atoms with Crippen molar-refractivity contribution in [3.63, 3.8) is 0 Å². The van der Waals surface area contributed by atoms with E-state index in [0.29, 0.717) is 12.5 Å². The third kappa shape index (κ3) is 2.76. The van der Waals surface area contributed by atoms with Crippen LogP contribution >= 0.6 is 0 Å². The molecule has 1 aliphatic heterocycles. The number of aryl methyl sites for hydroxylation is 1. The van der Waals surface area contributed by atoms with Crippen molar-refractivity contribution in [3.05, 3.63) is 17.6 Å². The number of carboxylic acid groups (broad SMARTS) is 1. The lowest BCUT2D eigenvalue weighted by molar-refractivity contribution is -0.141. The van der Waals surface area contributed by atoms with Gasteiger partial charge in [-0.05, 0) is 32.1 Å². The highest BCUT2D eigenvalue weighted by atomic mass is 16.4. The summed E-state index contributed by atoms with van der Waals surface area (Å²) in [4.78, 5) is 22.6. The Morgan fingerprint density at radius 2 is 2.20 bits per heavy atom. The molecule has 2 fully saturated rings. The number of hydrogen-bond acceptors (Lipinski definition) is 4. The van der Waals surface area contributed by atoms with Gasteiger partial charge >= 0.3 is 5.97 Å². The Balaban J connectivity index is 1.84. The van der Waals surface area contributed by atoms with Crippen molar-refractivity contribution in [2.45, 2.75) is 44.9 Å². The quantitative estimate of drug-likeness (QED) is 0.912. The Morgan fingerprint density at radius 1 is 1.40 bits per heavy atom. The maximum atomic E-state index is 11.2. The number of carbonyl (C=O) groups is 1. The molecule has 1 N–H and O–H groups in total. The van der Waals surface area contributed by atoms with Gasteiger partial charge in [0.25, 0.3) is 0 Å². The van der Waals surface area contributed by atoms with Crippen LogP contribution in [-0.2, 0) is 11.2 Å². The molecular formula is C15H21N3O2. The number of carboxylic acids is 1. The molecule has 1 saturated carbocycles. The van der Waals surface area contributed by atoms with Crippen LogP contribution in [0.1, 0.15) is 50.0 Å². The van der Waals surface area contributed by atoms with Crippen molar-refractivity contribution in [1.82, 2.24) is 9.97 Å². The van der Waals surface area contributed by atoms with Gasteiger partial charge in [0, 0.05) is 30.8 Å². The van der Waals surface area contributed by atoms with E-state index in [1.165, 1.54) is 12.8 Å². The highest BCUT2D eigenvalue weighted by Gasteiger charge is 2.30. The van der Waals surface area contributed by atoms with Gasteiger partial charge < -0.3 is 10.0 Å². The van der Waals surface area contributed by atoms with Crippen LogP contribution in [0.4, 0.5) is 5.82 Å². The summed E-state index contributed by atoms with van der Waals surface area (Å²) in [6, 6.07) is 2.02. The molecule has 108 valence electrons. The van der Waals surface area contributed by atoms with E-state index < -0.39 is 5.97 Å². The van der Waals surface area contributed by atoms with Crippen LogP contribution in [0.25, 0.3) is 0 Å². The average molecular weight is 275 g/mol. The molecule has 0 aromatic carbocycles. The van der Waals surface area contributed by atoms with Gasteiger partial charge in [0.15, 0.2) is 0 Å². The monoisotopic (exact) mass is 275 g/mol. The zero-order chi connectivity index (χ0) is 14.1. The predicted octanol–water partition coefficient (Wildman–Crippen LogP) is 2.22. The lowest BCUT2D eigenvalue weighted by Crippen LogP contribution is -2.39. The number of anilines is 1. The highest BCUT2D eigenvalue weighted by molar-refractivity contribution is 5.71. The van der Waals surface area contributed by atoms with Gasteiger partial charge in [-0.3, -0.25) is 4.79 Å². The van der Waals surface area contributed by atoms with Crippen LogP contribution in [-0.4, -0.2) is 34.1 Å². The number of hydrogen-bond donors (Lipinski definition) is 1. The number of piperidine rings is 1. The van der Waals surface area contributed by atoms with Crippen LogP contribution in [0.2, 0.25) is 0 Å². The van der Waals surface area contributed by atoms with E-state index in [0.717, 1.165) is 43.1 Å². The van der Waals surface area contributed by atoms with Gasteiger partial charge in [0.1, 0.15) is 11.6 Å². The van der Waals surface area contributed by atoms with Crippen LogP contribution in [0.3, 0.4) is 0 Å². The fraction of sp³-hybridized carbons (Fsp3) is 0.667. The van der Waals surface area contributed by atoms with Crippen molar-refractivity contribution in [2.24, 2.45) is 5.92 Å². The molecule has 1 atom stereocenters. The summed E-state index contributed by atoms with van der Waals surface area (Å²) in [5.74, 6) is 1.44. The summed E-state index contributed by atoms with van der Waals surface area (Å²) in [6.45, 7) is 3.56. The number of nitrogens with zero attached hydrogens (tertiary/aromatic N) is 3. The molecule has 0 radical (unpaired) electrons. The minimum atomic E-state index is -0.693. The molecule has 1 aromatic rings. The topological polar surface area (TPSA) is 66.3 Å². The summed E-state index contributed by atoms with van der Waals surface area (Å²) in [5.41, 5.74) is 1.06. The van der Waals surface area contributed by atoms with Crippen LogP contribution in [0, 0.1) is 5.92 Å². The number of aromatic nitrogens is 2. The van der Waals surface area contributed by atoms with E-state index in [9.17, 15) is 9.90 Å². The van der Waals surface area contributed by atoms with Gasteiger partial charge in [-0.15, -0.1) is 0 Å². The molecule has 0 amide bonds. The summed E-state index contributed by atoms with van der Waals surface area (Å²) in [7, 11) is 0. The largest absolute Gasteiger partial charge is 0.481 e. The van der Waals surface area contributed by atoms with Crippen LogP contribution < -0.4 is 4.90 Å². The molecule has 20 heavy (non-hydrogen) atoms. The van der Waals surface area contributed by atoms with Crippen molar-refractivity contribution < 1.29 is 9.90 Å². The fourth-order valence-corrected chi connectivity index (χ4v) is 2.76. The minimum Gasteiger partial charge on any atom is -0.481 e. The first-order valence-electron chi connectivity index (χ1n) is 7.53. The molecule has 5 nitrogen and oxygen atoms in total. The van der Waals surface area contributed by atoms with E-state index in [4.69, 9.17) is 0 Å². The zero-order valence-corrected chi connectivity index (χ0v) is 11.9. The maximum Gasteiger partial charge on any atom is 0.308 e. The van der Waals surface area contributed by atoms with E-state index >= 15 is 0 Å². The second-order valence-electron chi connectivity index (χ2n) is 5.83. The van der Waals surface area contributed by atoms with Crippen LogP contribution in [0.15, 0.2) is 6.07 Å². The molecule has 5 heteroatoms. The van der Waals surface area contributed by atoms with Crippen molar-refractivity contribution in [3.8, 4) is 0 Å². The van der Waals surface area contributed by atoms with E-state index in [1.807, 2.05) is 6.07 Å². The second kappa shape index (κ2) is 5.38. The molecule has 0 spiro atoms. The first kappa shape index (κ1) is 13.3. The van der Waals surface area contributed by atoms with Crippen molar-refractivity contribution in [1.29, 1.82) is 0 Å². The average Bonchev–Trinajstić information content (AvgIpc) is 3.31. The zero-order valence-electron chi connectivity index (χ0n) is 11.9. The molecule has 1 saturated heterocycles. The first-order chi connectivity index (χ1) is 9.67. The maximum absolute atomic E-state index is 11.2. The van der Waals surface area contributed by atoms with Crippen molar-refractivity contribution in [2.75, 3.05) is 18.0 Å². The molecule has 2 heterocycles. The molecule has 2 aliphatic rings. The van der Waals surface area contributed by atoms with Crippen molar-refractivity contribution >= 4 is 11.8 Å². The van der Waals surface area contributed by atoms with Crippen LogP contribution in [0.5, 0.6) is 0 Å². The normalized spacial score (nSPS) is 22.9. The first-order valence-corrected chi connectivity index (χ1v) is 7.53. The summed E-state index contributed by atoms with van der Waals surface area (Å²) >= 11 is 0. The Kier molecular flexibility index (Phi) is 3.59. The minimum absolute atomic E-state index is 0.270. The SMILES string of the molecule is CCc1cc(N2CCC[C@H](C(=O)O)C2)nc(C2CC2)n1. The van der Waals surface area contributed by atoms with Gasteiger partial charge in [-0.2, -0.15) is 0 Å². The van der Waals surface area contributed by atoms with E-state index in [1.54, 1.807) is 0 Å². The number of rotatable bonds is 4. The highest BCUT2D eigenvalue weighted by Crippen LogP contribution is 2.39. The number of aliphatic carboxylic acids is 1. The van der Waals surface area contributed by atoms with Gasteiger partial charge in [-0.25, -0.2) is 9.97 Å². The third-order valence-corrected chi connectivity index (χ3v) is 4.18. The fourth-order valence-electron chi connectivity index (χ4n) is 2.76. The summed E-state index contributed by atoms with van der Waals surface area (Å²) in [6.07, 6.45) is 4.95. The third-order valence-electron chi connectivity index (χ3n) is 4.18. The Morgan fingerprint density at radius 3 is 2.85 bits per heavy atom. The Labute approximate surface area is 119 Å². The molecular weight excluding hydrogens is 254 g/mol. The van der Waals surface area contributed by atoms with Gasteiger partial charge in [0.2, 0.25) is 0 Å². The van der Waals surface area contributed by atoms with E-state index in [2.05, 4.69) is 21.8 Å². The summed E-state index contributed by atoms with van der Waals surface area (Å²) < 4.78 is 0. The molecule has 0 unspecified atom stereocenters. The molecule has 3 rings (SSSR count). The Hall–Kier alpha value is -1.65. The lowest BCUT2D eigenvalue weighted by atomic mass is 9.98. The Bertz CT molecular complexity index is 514. The standard InChI is InChI=1S/C15H21N3O2/c1-2-12-8-13(17-14(16-12)10-5-6-10)18-7-3-4-11(9-18)15(19)20/h8,10-11H,2-7,9H2,1H3,(H,19,20)/t11-/m0/s1. The second-order valence-corrected chi connectivity index (χ2v) is 5.83.